The molecule has 8 atom stereocenters. The molecule has 0 aromatic rings. The Morgan fingerprint density at radius 3 is 2.52 bits per heavy atom. The Morgan fingerprint density at radius 2 is 1.78 bits per heavy atom. The van der Waals surface area contributed by atoms with Crippen molar-refractivity contribution in [3.05, 3.63) is 0 Å². The fourth-order valence-electron chi connectivity index (χ4n) is 7.78. The van der Waals surface area contributed by atoms with Crippen molar-refractivity contribution in [2.24, 2.45) is 40.2 Å². The summed E-state index contributed by atoms with van der Waals surface area (Å²) in [4.78, 5) is 0. The maximum absolute atomic E-state index is 11.2. The highest BCUT2D eigenvalue weighted by Crippen LogP contribution is 2.68. The van der Waals surface area contributed by atoms with Crippen LogP contribution in [0.5, 0.6) is 0 Å². The molecule has 4 aliphatic rings. The zero-order chi connectivity index (χ0) is 16.5. The van der Waals surface area contributed by atoms with Gasteiger partial charge in [-0.05, 0) is 74.0 Å². The van der Waals surface area contributed by atoms with Crippen molar-refractivity contribution in [3.63, 3.8) is 0 Å². The summed E-state index contributed by atoms with van der Waals surface area (Å²) in [5, 5.41) is 21.0. The van der Waals surface area contributed by atoms with Crippen LogP contribution in [0.2, 0.25) is 0 Å². The molecule has 3 unspecified atom stereocenters. The predicted octanol–water partition coefficient (Wildman–Crippen LogP) is 3.08. The van der Waals surface area contributed by atoms with Crippen molar-refractivity contribution < 1.29 is 10.2 Å². The van der Waals surface area contributed by atoms with E-state index in [4.69, 9.17) is 5.73 Å². The van der Waals surface area contributed by atoms with E-state index >= 15 is 0 Å². The molecule has 23 heavy (non-hydrogen) atoms. The first kappa shape index (κ1) is 16.4. The lowest BCUT2D eigenvalue weighted by Gasteiger charge is -2.65. The van der Waals surface area contributed by atoms with E-state index in [2.05, 4.69) is 13.8 Å². The van der Waals surface area contributed by atoms with Crippen molar-refractivity contribution in [1.82, 2.24) is 0 Å². The van der Waals surface area contributed by atoms with Gasteiger partial charge in [-0.1, -0.05) is 26.7 Å². The van der Waals surface area contributed by atoms with Gasteiger partial charge in [-0.3, -0.25) is 0 Å². The first-order valence-electron chi connectivity index (χ1n) is 9.95. The largest absolute Gasteiger partial charge is 0.396 e. The number of rotatable bonds is 1. The van der Waals surface area contributed by atoms with Crippen LogP contribution in [-0.4, -0.2) is 28.5 Å². The molecule has 4 fully saturated rings. The summed E-state index contributed by atoms with van der Waals surface area (Å²) in [5.41, 5.74) is 6.91. The van der Waals surface area contributed by atoms with Gasteiger partial charge in [-0.25, -0.2) is 0 Å². The van der Waals surface area contributed by atoms with Gasteiger partial charge in [0.05, 0.1) is 6.10 Å². The minimum atomic E-state index is -0.356. The molecule has 0 saturated heterocycles. The van der Waals surface area contributed by atoms with Crippen LogP contribution in [0.3, 0.4) is 0 Å². The molecule has 0 heterocycles. The Bertz CT molecular complexity index is 482. The van der Waals surface area contributed by atoms with Crippen molar-refractivity contribution in [3.8, 4) is 0 Å². The van der Waals surface area contributed by atoms with Crippen LogP contribution >= 0.6 is 0 Å². The summed E-state index contributed by atoms with van der Waals surface area (Å²) in [6.45, 7) is 4.85. The summed E-state index contributed by atoms with van der Waals surface area (Å²) in [7, 11) is 0. The van der Waals surface area contributed by atoms with Crippen LogP contribution in [0.1, 0.15) is 71.6 Å². The maximum Gasteiger partial charge on any atom is 0.0617 e. The molecule has 0 aromatic heterocycles. The van der Waals surface area contributed by atoms with Gasteiger partial charge in [-0.15, -0.1) is 0 Å². The fourth-order valence-corrected chi connectivity index (χ4v) is 7.78. The van der Waals surface area contributed by atoms with E-state index in [1.54, 1.807) is 0 Å². The van der Waals surface area contributed by atoms with Crippen LogP contribution in [-0.2, 0) is 0 Å². The summed E-state index contributed by atoms with van der Waals surface area (Å²) in [5.74, 6) is 2.12. The molecule has 0 spiro atoms. The average molecular weight is 322 g/mol. The number of fused-ring (bicyclic) bond motifs is 5. The topological polar surface area (TPSA) is 66.5 Å². The van der Waals surface area contributed by atoms with E-state index < -0.39 is 0 Å². The van der Waals surface area contributed by atoms with E-state index in [-0.39, 0.29) is 29.6 Å². The second-order valence-electron chi connectivity index (χ2n) is 9.73. The van der Waals surface area contributed by atoms with Crippen LogP contribution in [0.4, 0.5) is 0 Å². The number of nitrogens with two attached hydrogens (primary N) is 1. The zero-order valence-electron chi connectivity index (χ0n) is 14.9. The Morgan fingerprint density at radius 1 is 1.00 bits per heavy atom. The third-order valence-electron chi connectivity index (χ3n) is 9.42. The Labute approximate surface area is 141 Å². The van der Waals surface area contributed by atoms with Gasteiger partial charge in [0.1, 0.15) is 0 Å². The highest BCUT2D eigenvalue weighted by molar-refractivity contribution is 5.21. The third-order valence-corrected chi connectivity index (χ3v) is 9.42. The fraction of sp³-hybridized carbons (Fsp3) is 1.00. The van der Waals surface area contributed by atoms with Gasteiger partial charge < -0.3 is 15.9 Å². The molecule has 0 aromatic carbocycles. The molecule has 0 radical (unpaired) electrons. The summed E-state index contributed by atoms with van der Waals surface area (Å²) in [6, 6.07) is 0. The van der Waals surface area contributed by atoms with Gasteiger partial charge in [-0.2, -0.15) is 0 Å². The second kappa shape index (κ2) is 5.19. The van der Waals surface area contributed by atoms with Crippen molar-refractivity contribution in [2.75, 3.05) is 6.61 Å². The molecule has 132 valence electrons. The zero-order valence-corrected chi connectivity index (χ0v) is 14.9. The molecule has 3 heteroatoms. The first-order chi connectivity index (χ1) is 10.9. The standard InChI is InChI=1S/C20H35NO2/c1-18-9-4-3-5-13(18)6-7-15-16(18)11-17(23)19(2)14(12-22)8-10-20(15,19)21/h13-17,22-23H,3-12,21H2,1-2H3/t13?,14?,15-,16-,17?,18+,19+,20-/m1/s1. The molecule has 0 aliphatic heterocycles. The molecular formula is C20H35NO2. The highest BCUT2D eigenvalue weighted by Gasteiger charge is 2.68. The van der Waals surface area contributed by atoms with E-state index in [0.717, 1.165) is 25.2 Å². The molecule has 4 N–H and O–H groups in total. The predicted molar refractivity (Wildman–Crippen MR) is 91.7 cm³/mol. The second-order valence-corrected chi connectivity index (χ2v) is 9.73. The molecule has 4 saturated carbocycles. The summed E-state index contributed by atoms with van der Waals surface area (Å²) in [6.07, 6.45) is 10.5. The normalized spacial score (nSPS) is 59.1. The molecule has 3 nitrogen and oxygen atoms in total. The minimum absolute atomic E-state index is 0.167. The van der Waals surface area contributed by atoms with Gasteiger partial charge in [0.2, 0.25) is 0 Å². The van der Waals surface area contributed by atoms with Gasteiger partial charge in [0.15, 0.2) is 0 Å². The number of aliphatic hydroxyl groups is 2. The SMILES string of the molecule is C[C@]12C(O)C[C@@H]3[C@@H](CCC4CCCC[C@@]43C)[C@]1(N)CCC2CO. The lowest BCUT2D eigenvalue weighted by Crippen LogP contribution is -2.70. The highest BCUT2D eigenvalue weighted by atomic mass is 16.3. The van der Waals surface area contributed by atoms with Crippen LogP contribution < -0.4 is 5.73 Å². The van der Waals surface area contributed by atoms with Crippen LogP contribution in [0.15, 0.2) is 0 Å². The molecular weight excluding hydrogens is 286 g/mol. The van der Waals surface area contributed by atoms with E-state index in [1.165, 1.54) is 38.5 Å². The number of hydrogen-bond donors (Lipinski definition) is 3. The lowest BCUT2D eigenvalue weighted by atomic mass is 9.42. The number of hydrogen-bond acceptors (Lipinski definition) is 3. The Hall–Kier alpha value is -0.120. The van der Waals surface area contributed by atoms with Gasteiger partial charge in [0.25, 0.3) is 0 Å². The molecule has 4 rings (SSSR count). The summed E-state index contributed by atoms with van der Waals surface area (Å²) < 4.78 is 0. The molecule has 4 aliphatic carbocycles. The minimum Gasteiger partial charge on any atom is -0.396 e. The lowest BCUT2D eigenvalue weighted by molar-refractivity contribution is -0.176. The molecule has 0 amide bonds. The smallest absolute Gasteiger partial charge is 0.0617 e. The van der Waals surface area contributed by atoms with E-state index in [0.29, 0.717) is 17.3 Å². The van der Waals surface area contributed by atoms with Gasteiger partial charge >= 0.3 is 0 Å². The van der Waals surface area contributed by atoms with E-state index in [1.807, 2.05) is 0 Å². The van der Waals surface area contributed by atoms with E-state index in [9.17, 15) is 10.2 Å². The van der Waals surface area contributed by atoms with Crippen LogP contribution in [0.25, 0.3) is 0 Å². The van der Waals surface area contributed by atoms with Crippen molar-refractivity contribution in [1.29, 1.82) is 0 Å². The molecule has 0 bridgehead atoms. The van der Waals surface area contributed by atoms with Gasteiger partial charge in [0, 0.05) is 17.6 Å². The first-order valence-corrected chi connectivity index (χ1v) is 9.95. The van der Waals surface area contributed by atoms with Crippen molar-refractivity contribution in [2.45, 2.75) is 83.3 Å². The number of aliphatic hydroxyl groups excluding tert-OH is 2. The third kappa shape index (κ3) is 1.88. The quantitative estimate of drug-likeness (QED) is 0.695. The summed E-state index contributed by atoms with van der Waals surface area (Å²) >= 11 is 0. The average Bonchev–Trinajstić information content (AvgIpc) is 2.81. The Balaban J connectivity index is 1.74. The maximum atomic E-state index is 11.2. The Kier molecular flexibility index (Phi) is 3.69. The monoisotopic (exact) mass is 321 g/mol. The van der Waals surface area contributed by atoms with Crippen molar-refractivity contribution >= 4 is 0 Å². The van der Waals surface area contributed by atoms with Crippen LogP contribution in [0, 0.1) is 34.5 Å².